The number of rotatable bonds is 5. The summed E-state index contributed by atoms with van der Waals surface area (Å²) in [6.07, 6.45) is 7.92. The van der Waals surface area contributed by atoms with Crippen LogP contribution in [0.1, 0.15) is 57.2 Å². The molecule has 1 saturated carbocycles. The third-order valence-electron chi connectivity index (χ3n) is 7.21. The lowest BCUT2D eigenvalue weighted by Gasteiger charge is -2.26. The molecule has 2 aromatic heterocycles. The van der Waals surface area contributed by atoms with Crippen LogP contribution in [0.25, 0.3) is 17.1 Å². The number of halogens is 1. The normalized spacial score (nSPS) is 21.5. The smallest absolute Gasteiger partial charge is 0.333 e. The van der Waals surface area contributed by atoms with Crippen molar-refractivity contribution < 1.29 is 9.13 Å². The fourth-order valence-electron chi connectivity index (χ4n) is 5.27. The highest BCUT2D eigenvalue weighted by Crippen LogP contribution is 2.30. The summed E-state index contributed by atoms with van der Waals surface area (Å²) in [6.45, 7) is 5.53. The van der Waals surface area contributed by atoms with Crippen molar-refractivity contribution in [2.24, 2.45) is 5.92 Å². The van der Waals surface area contributed by atoms with Gasteiger partial charge in [0.05, 0.1) is 17.1 Å². The van der Waals surface area contributed by atoms with Gasteiger partial charge in [-0.05, 0) is 81.7 Å². The van der Waals surface area contributed by atoms with E-state index in [1.807, 2.05) is 17.6 Å². The second-order valence-corrected chi connectivity index (χ2v) is 9.61. The van der Waals surface area contributed by atoms with Crippen molar-refractivity contribution >= 4 is 5.95 Å². The highest BCUT2D eigenvalue weighted by molar-refractivity contribution is 5.62. The minimum Gasteiger partial charge on any atom is -0.381 e. The Kier molecular flexibility index (Phi) is 6.50. The molecular weight excluding hydrogens is 433 g/mol. The van der Waals surface area contributed by atoms with Gasteiger partial charge in [-0.2, -0.15) is 0 Å². The van der Waals surface area contributed by atoms with Gasteiger partial charge in [0.1, 0.15) is 5.82 Å². The van der Waals surface area contributed by atoms with E-state index in [4.69, 9.17) is 9.72 Å². The van der Waals surface area contributed by atoms with Gasteiger partial charge >= 0.3 is 5.69 Å². The molecular formula is C26H32FN5O2. The zero-order chi connectivity index (χ0) is 23.7. The van der Waals surface area contributed by atoms with Gasteiger partial charge in [-0.1, -0.05) is 6.92 Å². The van der Waals surface area contributed by atoms with Gasteiger partial charge in [0.15, 0.2) is 0 Å². The molecule has 3 aromatic rings. The van der Waals surface area contributed by atoms with Gasteiger partial charge in [0.2, 0.25) is 5.95 Å². The summed E-state index contributed by atoms with van der Waals surface area (Å²) in [5, 5.41) is 3.50. The van der Waals surface area contributed by atoms with E-state index in [9.17, 15) is 9.18 Å². The first-order chi connectivity index (χ1) is 16.5. The van der Waals surface area contributed by atoms with Crippen LogP contribution in [0.3, 0.4) is 0 Å². The first-order valence-corrected chi connectivity index (χ1v) is 12.3. The molecule has 0 atom stereocenters. The number of nitrogens with one attached hydrogen (secondary N) is 1. The molecule has 7 nitrogen and oxygen atoms in total. The van der Waals surface area contributed by atoms with E-state index < -0.39 is 0 Å². The zero-order valence-electron chi connectivity index (χ0n) is 19.8. The summed E-state index contributed by atoms with van der Waals surface area (Å²) < 4.78 is 22.7. The molecule has 1 aromatic carbocycles. The van der Waals surface area contributed by atoms with Crippen LogP contribution >= 0.6 is 0 Å². The number of hydrogen-bond donors (Lipinski definition) is 1. The summed E-state index contributed by atoms with van der Waals surface area (Å²) in [7, 11) is 0. The zero-order valence-corrected chi connectivity index (χ0v) is 19.8. The van der Waals surface area contributed by atoms with Crippen LogP contribution in [-0.4, -0.2) is 38.4 Å². The maximum Gasteiger partial charge on any atom is 0.333 e. The molecule has 0 amide bonds. The van der Waals surface area contributed by atoms with Crippen LogP contribution in [0.4, 0.5) is 10.3 Å². The third-order valence-corrected chi connectivity index (χ3v) is 7.21. The van der Waals surface area contributed by atoms with Crippen molar-refractivity contribution in [3.8, 4) is 17.1 Å². The van der Waals surface area contributed by atoms with Gasteiger partial charge in [0.25, 0.3) is 0 Å². The first-order valence-electron chi connectivity index (χ1n) is 12.3. The predicted molar refractivity (Wildman–Crippen MR) is 130 cm³/mol. The lowest BCUT2D eigenvalue weighted by molar-refractivity contribution is 0.0682. The van der Waals surface area contributed by atoms with Crippen LogP contribution < -0.4 is 11.0 Å². The number of benzene rings is 1. The van der Waals surface area contributed by atoms with Gasteiger partial charge < -0.3 is 10.1 Å². The van der Waals surface area contributed by atoms with Crippen LogP contribution in [-0.2, 0) is 4.74 Å². The Morgan fingerprint density at radius 2 is 1.74 bits per heavy atom. The highest BCUT2D eigenvalue weighted by Gasteiger charge is 2.27. The molecule has 34 heavy (non-hydrogen) atoms. The summed E-state index contributed by atoms with van der Waals surface area (Å²) in [5.74, 6) is 1.01. The Bertz CT molecular complexity index is 1190. The van der Waals surface area contributed by atoms with Crippen molar-refractivity contribution in [2.45, 2.75) is 64.5 Å². The molecule has 0 radical (unpaired) electrons. The lowest BCUT2D eigenvalue weighted by atomic mass is 9.87. The van der Waals surface area contributed by atoms with Crippen LogP contribution in [0, 0.1) is 18.7 Å². The van der Waals surface area contributed by atoms with Crippen LogP contribution in [0.15, 0.2) is 41.3 Å². The van der Waals surface area contributed by atoms with Gasteiger partial charge in [-0.15, -0.1) is 0 Å². The number of hydrogen-bond acceptors (Lipinski definition) is 5. The van der Waals surface area contributed by atoms with Crippen molar-refractivity contribution in [3.05, 3.63) is 58.5 Å². The summed E-state index contributed by atoms with van der Waals surface area (Å²) >= 11 is 0. The fraction of sp³-hybridized carbons (Fsp3) is 0.500. The van der Waals surface area contributed by atoms with Gasteiger partial charge in [-0.25, -0.2) is 19.2 Å². The lowest BCUT2D eigenvalue weighted by Crippen LogP contribution is -2.31. The Morgan fingerprint density at radius 3 is 2.44 bits per heavy atom. The number of anilines is 1. The Hall–Kier alpha value is -3.00. The largest absolute Gasteiger partial charge is 0.381 e. The van der Waals surface area contributed by atoms with Crippen LogP contribution in [0.5, 0.6) is 0 Å². The Morgan fingerprint density at radius 1 is 1.03 bits per heavy atom. The number of imidazole rings is 1. The standard InChI is InChI=1S/C26H32FN5O2/c1-17-3-7-20(8-4-17)29-25-28-14-11-23(30-25)24-18(2)31(22-12-15-34-16-13-22)26(33)32(24)21-9-5-19(27)6-10-21/h5-6,9-11,14,17,20,22H,3-4,7-8,12-13,15-16H2,1-2H3,(H,28,29,30). The summed E-state index contributed by atoms with van der Waals surface area (Å²) in [5.41, 5.74) is 2.71. The van der Waals surface area contributed by atoms with Crippen molar-refractivity contribution in [1.29, 1.82) is 0 Å². The molecule has 5 rings (SSSR count). The molecule has 2 aliphatic rings. The van der Waals surface area contributed by atoms with E-state index in [1.165, 1.54) is 25.0 Å². The molecule has 1 aliphatic heterocycles. The molecule has 3 heterocycles. The van der Waals surface area contributed by atoms with Crippen molar-refractivity contribution in [1.82, 2.24) is 19.1 Å². The number of aromatic nitrogens is 4. The summed E-state index contributed by atoms with van der Waals surface area (Å²) in [6, 6.07) is 8.29. The second-order valence-electron chi connectivity index (χ2n) is 9.61. The second kappa shape index (κ2) is 9.70. The Labute approximate surface area is 199 Å². The molecule has 2 fully saturated rings. The number of nitrogens with zero attached hydrogens (tertiary/aromatic N) is 4. The molecule has 0 spiro atoms. The van der Waals surface area contributed by atoms with E-state index in [2.05, 4.69) is 17.2 Å². The molecule has 8 heteroatoms. The van der Waals surface area contributed by atoms with E-state index in [0.29, 0.717) is 42.3 Å². The maximum atomic E-state index is 13.7. The first kappa shape index (κ1) is 22.8. The number of ether oxygens (including phenoxy) is 1. The minimum absolute atomic E-state index is 0.0605. The SMILES string of the molecule is Cc1c(-c2ccnc(NC3CCC(C)CC3)n2)n(-c2ccc(F)cc2)c(=O)n1C1CCOCC1. The topological polar surface area (TPSA) is 74.0 Å². The minimum atomic E-state index is -0.339. The van der Waals surface area contributed by atoms with E-state index in [1.54, 1.807) is 22.9 Å². The predicted octanol–water partition coefficient (Wildman–Crippen LogP) is 4.89. The molecule has 0 unspecified atom stereocenters. The maximum absolute atomic E-state index is 13.7. The molecule has 0 bridgehead atoms. The quantitative estimate of drug-likeness (QED) is 0.581. The van der Waals surface area contributed by atoms with Crippen LogP contribution in [0.2, 0.25) is 0 Å². The molecule has 1 aliphatic carbocycles. The highest BCUT2D eigenvalue weighted by atomic mass is 19.1. The third kappa shape index (κ3) is 4.51. The average molecular weight is 466 g/mol. The fourth-order valence-corrected chi connectivity index (χ4v) is 5.27. The summed E-state index contributed by atoms with van der Waals surface area (Å²) in [4.78, 5) is 23.0. The molecule has 180 valence electrons. The van der Waals surface area contributed by atoms with Gasteiger partial charge in [-0.3, -0.25) is 9.13 Å². The Balaban J connectivity index is 1.57. The average Bonchev–Trinajstić information content (AvgIpc) is 3.11. The van der Waals surface area contributed by atoms with Crippen molar-refractivity contribution in [2.75, 3.05) is 18.5 Å². The monoisotopic (exact) mass is 465 g/mol. The van der Waals surface area contributed by atoms with Crippen molar-refractivity contribution in [3.63, 3.8) is 0 Å². The van der Waals surface area contributed by atoms with E-state index in [0.717, 1.165) is 37.3 Å². The van der Waals surface area contributed by atoms with E-state index >= 15 is 0 Å². The molecule has 1 saturated heterocycles. The van der Waals surface area contributed by atoms with Gasteiger partial charge in [0, 0.05) is 37.2 Å². The molecule has 1 N–H and O–H groups in total. The van der Waals surface area contributed by atoms with E-state index in [-0.39, 0.29) is 17.5 Å².